The fraction of sp³-hybridized carbons (Fsp3) is 0.222. The molecule has 3 N–H and O–H groups in total. The molecule has 0 bridgehead atoms. The summed E-state index contributed by atoms with van der Waals surface area (Å²) in [5.41, 5.74) is 7.13. The van der Waals surface area contributed by atoms with Crippen LogP contribution in [0.4, 0.5) is 5.82 Å². The Bertz CT molecular complexity index is 901. The van der Waals surface area contributed by atoms with E-state index in [1.165, 1.54) is 17.8 Å². The normalized spacial score (nSPS) is 9.85. The van der Waals surface area contributed by atoms with Gasteiger partial charge in [-0.25, -0.2) is 4.98 Å². The lowest BCUT2D eigenvalue weighted by Crippen LogP contribution is -2.28. The molecule has 0 saturated carbocycles. The van der Waals surface area contributed by atoms with Crippen molar-refractivity contribution < 1.29 is 14.5 Å². The third kappa shape index (κ3) is 4.44. The number of hydrogen-bond donors (Lipinski definition) is 1. The van der Waals surface area contributed by atoms with Crippen molar-refractivity contribution in [1.82, 2.24) is 4.90 Å². The summed E-state index contributed by atoms with van der Waals surface area (Å²) in [5.74, 6) is 0.909. The predicted molar refractivity (Wildman–Crippen MR) is 97.0 cm³/mol. The highest BCUT2D eigenvalue weighted by Crippen LogP contribution is 2.22. The fourth-order valence-electron chi connectivity index (χ4n) is 2.26. The molecule has 2 aromatic rings. The number of H-pyrrole nitrogens is 1. The van der Waals surface area contributed by atoms with Crippen LogP contribution in [0.2, 0.25) is 0 Å². The van der Waals surface area contributed by atoms with E-state index in [-0.39, 0.29) is 28.6 Å². The molecule has 0 atom stereocenters. The van der Waals surface area contributed by atoms with E-state index in [2.05, 4.69) is 4.98 Å². The molecule has 1 heterocycles. The fourth-order valence-corrected chi connectivity index (χ4v) is 3.19. The Kier molecular flexibility index (Phi) is 6.42. The van der Waals surface area contributed by atoms with Gasteiger partial charge in [-0.2, -0.15) is 10.5 Å². The minimum Gasteiger partial charge on any atom is -0.496 e. The smallest absolute Gasteiger partial charge is 0.289 e. The third-order valence-corrected chi connectivity index (χ3v) is 4.68. The molecule has 7 nitrogen and oxygen atoms in total. The Morgan fingerprint density at radius 3 is 2.65 bits per heavy atom. The first-order chi connectivity index (χ1) is 12.5. The van der Waals surface area contributed by atoms with Gasteiger partial charge in [0.05, 0.1) is 12.9 Å². The minimum atomic E-state index is -0.110. The monoisotopic (exact) mass is 368 g/mol. The Balaban J connectivity index is 2.06. The highest BCUT2D eigenvalue weighted by atomic mass is 32.2. The number of nitrogens with one attached hydrogen (secondary N) is 1. The molecule has 2 rings (SSSR count). The van der Waals surface area contributed by atoms with Crippen LogP contribution in [0.5, 0.6) is 5.75 Å². The molecule has 0 aliphatic carbocycles. The standard InChI is InChI=1S/C18H17N5O2S/c1-23(10-12-5-3-4-6-15(12)25-2)16(24)11-26-18-14(9-20)7-13(8-19)17(21)22-18/h3-7H,10-11H2,1-2H3,(H2,21,22)/p+1. The van der Waals surface area contributed by atoms with Gasteiger partial charge in [-0.05, 0) is 12.1 Å². The summed E-state index contributed by atoms with van der Waals surface area (Å²) >= 11 is 1.17. The molecule has 26 heavy (non-hydrogen) atoms. The topological polar surface area (TPSA) is 117 Å². The van der Waals surface area contributed by atoms with Crippen molar-refractivity contribution in [3.8, 4) is 17.9 Å². The van der Waals surface area contributed by atoms with Crippen LogP contribution in [0.25, 0.3) is 0 Å². The summed E-state index contributed by atoms with van der Waals surface area (Å²) in [6.07, 6.45) is 0. The number of rotatable bonds is 6. The number of methoxy groups -OCH3 is 1. The van der Waals surface area contributed by atoms with Gasteiger partial charge in [-0.15, -0.1) is 0 Å². The van der Waals surface area contributed by atoms with Gasteiger partial charge in [0.15, 0.2) is 5.03 Å². The maximum absolute atomic E-state index is 12.4. The van der Waals surface area contributed by atoms with E-state index >= 15 is 0 Å². The number of anilines is 1. The summed E-state index contributed by atoms with van der Waals surface area (Å²) in [4.78, 5) is 16.8. The SMILES string of the molecule is COc1ccccc1CN(C)C(=O)CSc1[nH+]c(N)c(C#N)cc1C#N. The molecule has 0 fully saturated rings. The summed E-state index contributed by atoms with van der Waals surface area (Å²) in [6.45, 7) is 0.410. The van der Waals surface area contributed by atoms with Gasteiger partial charge in [0.2, 0.25) is 5.91 Å². The average molecular weight is 368 g/mol. The maximum atomic E-state index is 12.4. The van der Waals surface area contributed by atoms with Crippen LogP contribution in [0, 0.1) is 22.7 Å². The number of nitrogens with zero attached hydrogens (tertiary/aromatic N) is 3. The van der Waals surface area contributed by atoms with Crippen molar-refractivity contribution in [1.29, 1.82) is 10.5 Å². The molecular weight excluding hydrogens is 350 g/mol. The number of nitrogen functional groups attached to an aromatic ring is 1. The molecular formula is C18H18N5O2S+. The van der Waals surface area contributed by atoms with Crippen molar-refractivity contribution in [2.45, 2.75) is 11.6 Å². The number of nitrogens with two attached hydrogens (primary N) is 1. The number of pyridine rings is 1. The summed E-state index contributed by atoms with van der Waals surface area (Å²) in [6, 6.07) is 12.8. The first-order valence-electron chi connectivity index (χ1n) is 7.64. The Morgan fingerprint density at radius 2 is 2.00 bits per heavy atom. The van der Waals surface area contributed by atoms with E-state index in [0.29, 0.717) is 11.6 Å². The molecule has 0 aliphatic rings. The van der Waals surface area contributed by atoms with E-state index < -0.39 is 0 Å². The second-order valence-electron chi connectivity index (χ2n) is 5.41. The van der Waals surface area contributed by atoms with Gasteiger partial charge in [-0.1, -0.05) is 30.0 Å². The molecule has 0 saturated heterocycles. The number of aromatic nitrogens is 1. The number of amides is 1. The number of para-hydroxylation sites is 1. The van der Waals surface area contributed by atoms with Crippen molar-refractivity contribution >= 4 is 23.5 Å². The number of aromatic amines is 1. The van der Waals surface area contributed by atoms with Crippen LogP contribution in [0.15, 0.2) is 35.4 Å². The van der Waals surface area contributed by atoms with Gasteiger partial charge < -0.3 is 9.64 Å². The van der Waals surface area contributed by atoms with E-state index in [0.717, 1.165) is 11.3 Å². The number of hydrogen-bond acceptors (Lipinski definition) is 6. The van der Waals surface area contributed by atoms with Crippen molar-refractivity contribution in [2.75, 3.05) is 25.6 Å². The zero-order valence-corrected chi connectivity index (χ0v) is 15.3. The molecule has 0 radical (unpaired) electrons. The molecule has 0 spiro atoms. The number of thioether (sulfide) groups is 1. The van der Waals surface area contributed by atoms with Crippen LogP contribution >= 0.6 is 11.8 Å². The van der Waals surface area contributed by atoms with Crippen LogP contribution in [-0.2, 0) is 11.3 Å². The minimum absolute atomic E-state index is 0.110. The van der Waals surface area contributed by atoms with Gasteiger partial charge in [-0.3, -0.25) is 10.5 Å². The highest BCUT2D eigenvalue weighted by Gasteiger charge is 2.18. The van der Waals surface area contributed by atoms with Crippen LogP contribution in [0.1, 0.15) is 16.7 Å². The van der Waals surface area contributed by atoms with E-state index in [4.69, 9.17) is 15.7 Å². The van der Waals surface area contributed by atoms with E-state index in [1.807, 2.05) is 36.4 Å². The quantitative estimate of drug-likeness (QED) is 0.774. The van der Waals surface area contributed by atoms with Crippen molar-refractivity contribution in [3.63, 3.8) is 0 Å². The van der Waals surface area contributed by atoms with Gasteiger partial charge in [0.25, 0.3) is 5.82 Å². The molecule has 0 unspecified atom stereocenters. The lowest BCUT2D eigenvalue weighted by molar-refractivity contribution is -0.410. The summed E-state index contributed by atoms with van der Waals surface area (Å²) in [5, 5.41) is 18.6. The molecule has 1 aromatic heterocycles. The number of carbonyl (C=O) groups is 1. The van der Waals surface area contributed by atoms with Gasteiger partial charge >= 0.3 is 0 Å². The van der Waals surface area contributed by atoms with Crippen LogP contribution in [-0.4, -0.2) is 30.7 Å². The Hall–Kier alpha value is -3.23. The lowest BCUT2D eigenvalue weighted by Gasteiger charge is -2.18. The number of benzene rings is 1. The maximum Gasteiger partial charge on any atom is 0.289 e. The first kappa shape index (κ1) is 19.1. The molecule has 8 heteroatoms. The molecule has 132 valence electrons. The zero-order chi connectivity index (χ0) is 19.1. The van der Waals surface area contributed by atoms with Crippen LogP contribution < -0.4 is 15.5 Å². The van der Waals surface area contributed by atoms with Crippen molar-refractivity contribution in [2.24, 2.45) is 0 Å². The second kappa shape index (κ2) is 8.75. The second-order valence-corrected chi connectivity index (χ2v) is 6.40. The Morgan fingerprint density at radius 1 is 1.31 bits per heavy atom. The largest absolute Gasteiger partial charge is 0.496 e. The molecule has 0 aliphatic heterocycles. The average Bonchev–Trinajstić information content (AvgIpc) is 2.66. The predicted octanol–water partition coefficient (Wildman–Crippen LogP) is 1.59. The zero-order valence-electron chi connectivity index (χ0n) is 14.4. The molecule has 1 aromatic carbocycles. The number of carbonyl (C=O) groups excluding carboxylic acids is 1. The molecule has 1 amide bonds. The lowest BCUT2D eigenvalue weighted by atomic mass is 10.2. The van der Waals surface area contributed by atoms with Crippen molar-refractivity contribution in [3.05, 3.63) is 47.0 Å². The number of ether oxygens (including phenoxy) is 1. The van der Waals surface area contributed by atoms with E-state index in [9.17, 15) is 10.1 Å². The summed E-state index contributed by atoms with van der Waals surface area (Å²) < 4.78 is 5.30. The first-order valence-corrected chi connectivity index (χ1v) is 8.63. The summed E-state index contributed by atoms with van der Waals surface area (Å²) in [7, 11) is 3.29. The Labute approximate surface area is 156 Å². The van der Waals surface area contributed by atoms with E-state index in [1.54, 1.807) is 19.1 Å². The van der Waals surface area contributed by atoms with Gasteiger partial charge in [0.1, 0.15) is 29.0 Å². The van der Waals surface area contributed by atoms with Gasteiger partial charge in [0, 0.05) is 19.2 Å². The third-order valence-electron chi connectivity index (χ3n) is 3.68. The number of nitriles is 2. The van der Waals surface area contributed by atoms with Crippen LogP contribution in [0.3, 0.4) is 0 Å². The highest BCUT2D eigenvalue weighted by molar-refractivity contribution is 7.99.